The second-order valence-corrected chi connectivity index (χ2v) is 9.50. The topological polar surface area (TPSA) is 138 Å². The van der Waals surface area contributed by atoms with Crippen LogP contribution in [0.5, 0.6) is 0 Å². The van der Waals surface area contributed by atoms with Crippen LogP contribution < -0.4 is 5.73 Å². The molecule has 164 valence electrons. The van der Waals surface area contributed by atoms with Crippen molar-refractivity contribution in [1.82, 2.24) is 4.90 Å². The Morgan fingerprint density at radius 3 is 1.28 bits per heavy atom. The molecule has 0 aliphatic rings. The Hall–Kier alpha value is -1.82. The number of likely N-dealkylation sites (N-methyl/N-ethyl adjacent to an activating group) is 1. The lowest BCUT2D eigenvalue weighted by molar-refractivity contribution is 0.383. The van der Waals surface area contributed by atoms with E-state index in [2.05, 4.69) is 4.90 Å². The van der Waals surface area contributed by atoms with Gasteiger partial charge in [0.25, 0.3) is 20.2 Å². The summed E-state index contributed by atoms with van der Waals surface area (Å²) in [5.41, 5.74) is 6.55. The molecule has 0 spiro atoms. The van der Waals surface area contributed by atoms with Crippen molar-refractivity contribution >= 4 is 20.2 Å². The van der Waals surface area contributed by atoms with E-state index in [0.717, 1.165) is 6.54 Å². The monoisotopic (exact) mass is 446 g/mol. The Kier molecular flexibility index (Phi) is 11.3. The quantitative estimate of drug-likeness (QED) is 0.609. The minimum atomic E-state index is -4.03. The van der Waals surface area contributed by atoms with E-state index in [1.807, 2.05) is 21.0 Å². The van der Waals surface area contributed by atoms with E-state index in [9.17, 15) is 16.8 Å². The highest BCUT2D eigenvalue weighted by atomic mass is 32.2. The highest BCUT2D eigenvalue weighted by molar-refractivity contribution is 7.86. The molecule has 0 aromatic heterocycles. The molecule has 0 saturated heterocycles. The lowest BCUT2D eigenvalue weighted by Crippen LogP contribution is -2.29. The molecular formula is C19H30N2O6S2. The molecule has 0 fully saturated rings. The largest absolute Gasteiger partial charge is 0.327 e. The summed E-state index contributed by atoms with van der Waals surface area (Å²) < 4.78 is 59.7. The van der Waals surface area contributed by atoms with Gasteiger partial charge in [0.15, 0.2) is 0 Å². The predicted octanol–water partition coefficient (Wildman–Crippen LogP) is 2.38. The zero-order valence-electron chi connectivity index (χ0n) is 17.3. The lowest BCUT2D eigenvalue weighted by Gasteiger charge is -2.11. The van der Waals surface area contributed by atoms with Crippen molar-refractivity contribution in [3.05, 3.63) is 59.7 Å². The number of rotatable bonds is 4. The third kappa shape index (κ3) is 11.7. The molecule has 2 aromatic rings. The van der Waals surface area contributed by atoms with Crippen molar-refractivity contribution in [3.63, 3.8) is 0 Å². The van der Waals surface area contributed by atoms with Crippen LogP contribution in [0.25, 0.3) is 0 Å². The zero-order chi connectivity index (χ0) is 22.8. The zero-order valence-corrected chi connectivity index (χ0v) is 18.9. The Labute approximate surface area is 173 Å². The number of hydrogen-bond acceptors (Lipinski definition) is 6. The van der Waals surface area contributed by atoms with Gasteiger partial charge < -0.3 is 10.6 Å². The minimum Gasteiger partial charge on any atom is -0.327 e. The summed E-state index contributed by atoms with van der Waals surface area (Å²) in [6.45, 7) is 6.23. The van der Waals surface area contributed by atoms with Crippen molar-refractivity contribution in [3.8, 4) is 0 Å². The first-order chi connectivity index (χ1) is 13.2. The van der Waals surface area contributed by atoms with Gasteiger partial charge in [-0.1, -0.05) is 36.4 Å². The van der Waals surface area contributed by atoms with E-state index in [1.54, 1.807) is 50.2 Å². The maximum absolute atomic E-state index is 10.6. The third-order valence-corrected chi connectivity index (χ3v) is 5.42. The van der Waals surface area contributed by atoms with E-state index >= 15 is 0 Å². The molecule has 0 bridgehead atoms. The van der Waals surface area contributed by atoms with Gasteiger partial charge in [0, 0.05) is 12.6 Å². The van der Waals surface area contributed by atoms with Gasteiger partial charge in [0.2, 0.25) is 0 Å². The van der Waals surface area contributed by atoms with Gasteiger partial charge in [0.05, 0.1) is 9.79 Å². The van der Waals surface area contributed by atoms with Crippen LogP contribution in [0.15, 0.2) is 58.3 Å². The molecule has 0 heterocycles. The summed E-state index contributed by atoms with van der Waals surface area (Å²) in [4.78, 5) is 2.02. The second-order valence-electron chi connectivity index (χ2n) is 6.72. The molecule has 0 aliphatic heterocycles. The van der Waals surface area contributed by atoms with Gasteiger partial charge in [-0.25, -0.2) is 0 Å². The van der Waals surface area contributed by atoms with Crippen LogP contribution >= 0.6 is 0 Å². The molecule has 0 radical (unpaired) electrons. The van der Waals surface area contributed by atoms with E-state index in [1.165, 1.54) is 12.1 Å². The fourth-order valence-electron chi connectivity index (χ4n) is 2.27. The average Bonchev–Trinajstić information content (AvgIpc) is 2.53. The summed E-state index contributed by atoms with van der Waals surface area (Å²) >= 11 is 0. The highest BCUT2D eigenvalue weighted by Crippen LogP contribution is 2.13. The lowest BCUT2D eigenvalue weighted by atomic mass is 10.2. The Morgan fingerprint density at radius 2 is 1.14 bits per heavy atom. The Morgan fingerprint density at radius 1 is 0.828 bits per heavy atom. The third-order valence-electron chi connectivity index (χ3n) is 3.40. The maximum atomic E-state index is 10.6. The SMILES string of the molecule is CC(N)CN(C)C.Cc1ccccc1S(=O)(=O)O.Cc1ccccc1S(=O)(=O)O. The summed E-state index contributed by atoms with van der Waals surface area (Å²) in [5, 5.41) is 0. The molecule has 2 rings (SSSR count). The van der Waals surface area contributed by atoms with Crippen LogP contribution in [-0.2, 0) is 20.2 Å². The van der Waals surface area contributed by atoms with Crippen molar-refractivity contribution < 1.29 is 25.9 Å². The molecule has 1 atom stereocenters. The molecule has 2 aromatic carbocycles. The number of nitrogens with two attached hydrogens (primary N) is 1. The first kappa shape index (κ1) is 27.2. The van der Waals surface area contributed by atoms with Gasteiger partial charge in [-0.2, -0.15) is 16.8 Å². The number of benzene rings is 2. The molecule has 4 N–H and O–H groups in total. The van der Waals surface area contributed by atoms with Crippen molar-refractivity contribution in [2.75, 3.05) is 20.6 Å². The highest BCUT2D eigenvalue weighted by Gasteiger charge is 2.11. The standard InChI is InChI=1S/2C7H8O3S.C5H14N2/c2*1-6-4-2-3-5-7(6)11(8,9)10;1-5(6)4-7(2)3/h2*2-5H,1H3,(H,8,9,10);5H,4,6H2,1-3H3. The van der Waals surface area contributed by atoms with E-state index < -0.39 is 20.2 Å². The van der Waals surface area contributed by atoms with Crippen LogP contribution in [0, 0.1) is 13.8 Å². The van der Waals surface area contributed by atoms with Gasteiger partial charge >= 0.3 is 0 Å². The molecule has 0 amide bonds. The summed E-state index contributed by atoms with van der Waals surface area (Å²) in [5.74, 6) is 0. The van der Waals surface area contributed by atoms with Crippen LogP contribution in [0.2, 0.25) is 0 Å². The molecule has 29 heavy (non-hydrogen) atoms. The normalized spacial score (nSPS) is 12.3. The van der Waals surface area contributed by atoms with E-state index in [-0.39, 0.29) is 9.79 Å². The van der Waals surface area contributed by atoms with Crippen molar-refractivity contribution in [2.24, 2.45) is 5.73 Å². The molecular weight excluding hydrogens is 416 g/mol. The van der Waals surface area contributed by atoms with Crippen LogP contribution in [-0.4, -0.2) is 57.5 Å². The fourth-order valence-corrected chi connectivity index (χ4v) is 3.72. The Bertz CT molecular complexity index is 892. The molecule has 8 nitrogen and oxygen atoms in total. The van der Waals surface area contributed by atoms with Gasteiger partial charge in [-0.3, -0.25) is 9.11 Å². The molecule has 0 saturated carbocycles. The summed E-state index contributed by atoms with van der Waals surface area (Å²) in [6, 6.07) is 12.8. The Balaban J connectivity index is 0.000000419. The van der Waals surface area contributed by atoms with Crippen molar-refractivity contribution in [1.29, 1.82) is 0 Å². The predicted molar refractivity (Wildman–Crippen MR) is 114 cm³/mol. The van der Waals surface area contributed by atoms with Crippen LogP contribution in [0.1, 0.15) is 18.1 Å². The number of hydrogen-bond donors (Lipinski definition) is 3. The first-order valence-electron chi connectivity index (χ1n) is 8.62. The smallest absolute Gasteiger partial charge is 0.294 e. The molecule has 10 heteroatoms. The molecule has 0 aliphatic carbocycles. The molecule has 1 unspecified atom stereocenters. The van der Waals surface area contributed by atoms with Crippen molar-refractivity contribution in [2.45, 2.75) is 36.6 Å². The minimum absolute atomic E-state index is 0.0278. The van der Waals surface area contributed by atoms with E-state index in [0.29, 0.717) is 17.2 Å². The van der Waals surface area contributed by atoms with Gasteiger partial charge in [-0.05, 0) is 58.1 Å². The van der Waals surface area contributed by atoms with Gasteiger partial charge in [-0.15, -0.1) is 0 Å². The number of aryl methyl sites for hydroxylation is 2. The average molecular weight is 447 g/mol. The van der Waals surface area contributed by atoms with E-state index in [4.69, 9.17) is 14.8 Å². The van der Waals surface area contributed by atoms with Crippen LogP contribution in [0.3, 0.4) is 0 Å². The summed E-state index contributed by atoms with van der Waals surface area (Å²) in [6.07, 6.45) is 0. The van der Waals surface area contributed by atoms with Gasteiger partial charge in [0.1, 0.15) is 0 Å². The fraction of sp³-hybridized carbons (Fsp3) is 0.368. The van der Waals surface area contributed by atoms with Crippen LogP contribution in [0.4, 0.5) is 0 Å². The maximum Gasteiger partial charge on any atom is 0.294 e. The second kappa shape index (κ2) is 12.0. The summed E-state index contributed by atoms with van der Waals surface area (Å²) in [7, 11) is -4.03. The number of nitrogens with zero attached hydrogens (tertiary/aromatic N) is 1. The first-order valence-corrected chi connectivity index (χ1v) is 11.5.